The van der Waals surface area contributed by atoms with Gasteiger partial charge in [-0.05, 0) is 25.0 Å². The van der Waals surface area contributed by atoms with Crippen molar-refractivity contribution < 1.29 is 24.9 Å². The number of carboxylic acids is 1. The number of aromatic hydroxyl groups is 1. The Morgan fingerprint density at radius 2 is 2.00 bits per heavy atom. The van der Waals surface area contributed by atoms with E-state index in [9.17, 15) is 9.59 Å². The second kappa shape index (κ2) is 10.1. The summed E-state index contributed by atoms with van der Waals surface area (Å²) in [6, 6.07) is 3.72. The van der Waals surface area contributed by atoms with Crippen molar-refractivity contribution in [3.8, 4) is 5.75 Å². The van der Waals surface area contributed by atoms with E-state index >= 15 is 0 Å². The number of carbonyl (C=O) groups is 2. The average molecular weight is 319 g/mol. The molecule has 0 radical (unpaired) electrons. The third-order valence-electron chi connectivity index (χ3n) is 2.55. The van der Waals surface area contributed by atoms with Crippen molar-refractivity contribution >= 4 is 23.9 Å². The molecule has 0 heterocycles. The van der Waals surface area contributed by atoms with Crippen LogP contribution in [-0.4, -0.2) is 46.3 Å². The van der Waals surface area contributed by atoms with Gasteiger partial charge in [0.15, 0.2) is 6.29 Å². The van der Waals surface area contributed by atoms with E-state index in [0.717, 1.165) is 0 Å². The largest absolute Gasteiger partial charge is 0.506 e. The van der Waals surface area contributed by atoms with E-state index < -0.39 is 18.1 Å². The molecule has 0 aliphatic carbocycles. The van der Waals surface area contributed by atoms with Crippen LogP contribution in [0.3, 0.4) is 0 Å². The van der Waals surface area contributed by atoms with Gasteiger partial charge < -0.3 is 26.8 Å². The Labute approximate surface area is 127 Å². The smallest absolute Gasteiger partial charge is 0.320 e. The quantitative estimate of drug-likeness (QED) is 0.475. The minimum Gasteiger partial charge on any atom is -0.506 e. The molecule has 7 nitrogen and oxygen atoms in total. The number of rotatable bonds is 6. The molecule has 0 saturated carbocycles. The fourth-order valence-electron chi connectivity index (χ4n) is 1.24. The Morgan fingerprint density at radius 1 is 1.38 bits per heavy atom. The lowest BCUT2D eigenvalue weighted by atomic mass is 10.1. The van der Waals surface area contributed by atoms with Gasteiger partial charge in [-0.15, -0.1) is 0 Å². The average Bonchev–Trinajstić information content (AvgIpc) is 2.47. The van der Waals surface area contributed by atoms with Crippen LogP contribution in [0.25, 0.3) is 0 Å². The zero-order valence-electron chi connectivity index (χ0n) is 11.3. The van der Waals surface area contributed by atoms with Crippen LogP contribution in [0.1, 0.15) is 23.2 Å². The molecule has 118 valence electrons. The number of nitrogens with two attached hydrogens (primary N) is 2. The Hall–Kier alpha value is -1.67. The number of aliphatic hydroxyl groups is 1. The highest BCUT2D eigenvalue weighted by Gasteiger charge is 2.12. The molecule has 8 heteroatoms. The molecule has 0 bridgehead atoms. The number of carbonyl (C=O) groups excluding carboxylic acids is 1. The number of phenolic OH excluding ortho intramolecular Hbond substituents is 1. The minimum absolute atomic E-state index is 0.145. The number of aliphatic hydroxyl groups excluding tert-OH is 1. The zero-order valence-corrected chi connectivity index (χ0v) is 12.0. The summed E-state index contributed by atoms with van der Waals surface area (Å²) in [5, 5.41) is 26.5. The van der Waals surface area contributed by atoms with Gasteiger partial charge in [0.1, 0.15) is 11.8 Å². The van der Waals surface area contributed by atoms with Crippen molar-refractivity contribution in [2.45, 2.75) is 25.0 Å². The molecule has 1 rings (SSSR count). The van der Waals surface area contributed by atoms with Crippen LogP contribution >= 0.6 is 11.6 Å². The normalized spacial score (nSPS) is 12.8. The molecule has 0 aliphatic heterocycles. The number of para-hydroxylation sites is 1. The first kappa shape index (κ1) is 19.3. The Kier molecular flexibility index (Phi) is 9.31. The molecule has 0 aromatic heterocycles. The predicted octanol–water partition coefficient (Wildman–Crippen LogP) is 0.356. The molecule has 21 heavy (non-hydrogen) atoms. The van der Waals surface area contributed by atoms with E-state index in [1.165, 1.54) is 12.1 Å². The van der Waals surface area contributed by atoms with Gasteiger partial charge in [-0.2, -0.15) is 0 Å². The highest BCUT2D eigenvalue weighted by molar-refractivity contribution is 6.32. The molecular formula is C13H19ClN2O5. The number of halogens is 1. The number of hydrogen-bond acceptors (Lipinski definition) is 6. The third-order valence-corrected chi connectivity index (χ3v) is 2.85. The lowest BCUT2D eigenvalue weighted by Crippen LogP contribution is -2.32. The van der Waals surface area contributed by atoms with Crippen LogP contribution in [-0.2, 0) is 4.79 Å². The summed E-state index contributed by atoms with van der Waals surface area (Å²) in [6.07, 6.45) is 0.513. The van der Waals surface area contributed by atoms with E-state index in [4.69, 9.17) is 38.4 Å². The van der Waals surface area contributed by atoms with E-state index in [-0.39, 0.29) is 29.3 Å². The van der Waals surface area contributed by atoms with Crippen LogP contribution in [0, 0.1) is 0 Å². The summed E-state index contributed by atoms with van der Waals surface area (Å²) >= 11 is 5.48. The first-order chi connectivity index (χ1) is 9.83. The van der Waals surface area contributed by atoms with Crippen molar-refractivity contribution in [1.29, 1.82) is 0 Å². The number of aldehydes is 1. The molecule has 7 N–H and O–H groups in total. The van der Waals surface area contributed by atoms with Crippen molar-refractivity contribution in [3.05, 3.63) is 28.8 Å². The molecule has 0 spiro atoms. The maximum atomic E-state index is 10.2. The lowest BCUT2D eigenvalue weighted by Gasteiger charge is -2.09. The predicted molar refractivity (Wildman–Crippen MR) is 78.4 cm³/mol. The number of aliphatic carboxylic acids is 1. The standard InChI is InChI=1S/C7H5ClO2.C6H14N2O3/c8-6-3-1-2-5(4-9)7(6)10;7-3-4(9)1-2-5(8)6(10)11/h1-4,10H;4-5,9H,1-3,7-8H2,(H,10,11)/t;4-,5+/m.1/s1. The fraction of sp³-hybridized carbons (Fsp3) is 0.385. The number of phenols is 1. The Balaban J connectivity index is 0.000000382. The van der Waals surface area contributed by atoms with Gasteiger partial charge in [-0.3, -0.25) is 9.59 Å². The summed E-state index contributed by atoms with van der Waals surface area (Å²) in [5.74, 6) is -1.20. The molecule has 0 fully saturated rings. The van der Waals surface area contributed by atoms with Gasteiger partial charge in [-0.1, -0.05) is 17.7 Å². The lowest BCUT2D eigenvalue weighted by molar-refractivity contribution is -0.138. The number of benzene rings is 1. The van der Waals surface area contributed by atoms with Gasteiger partial charge in [0.25, 0.3) is 0 Å². The van der Waals surface area contributed by atoms with Crippen molar-refractivity contribution in [3.63, 3.8) is 0 Å². The molecule has 0 aliphatic rings. The topological polar surface area (TPSA) is 147 Å². The van der Waals surface area contributed by atoms with E-state index in [0.29, 0.717) is 12.7 Å². The molecular weight excluding hydrogens is 300 g/mol. The maximum absolute atomic E-state index is 10.2. The van der Waals surface area contributed by atoms with Crippen LogP contribution in [0.4, 0.5) is 0 Å². The molecule has 1 aromatic rings. The van der Waals surface area contributed by atoms with Crippen LogP contribution in [0.5, 0.6) is 5.75 Å². The summed E-state index contributed by atoms with van der Waals surface area (Å²) < 4.78 is 0. The van der Waals surface area contributed by atoms with Gasteiger partial charge in [-0.25, -0.2) is 0 Å². The molecule has 1 aromatic carbocycles. The van der Waals surface area contributed by atoms with Crippen LogP contribution in [0.15, 0.2) is 18.2 Å². The van der Waals surface area contributed by atoms with E-state index in [2.05, 4.69) is 0 Å². The second-order valence-electron chi connectivity index (χ2n) is 4.21. The van der Waals surface area contributed by atoms with Crippen LogP contribution < -0.4 is 11.5 Å². The van der Waals surface area contributed by atoms with Gasteiger partial charge in [0, 0.05) is 6.54 Å². The first-order valence-corrected chi connectivity index (χ1v) is 6.50. The number of hydrogen-bond donors (Lipinski definition) is 5. The molecule has 0 amide bonds. The van der Waals surface area contributed by atoms with Gasteiger partial charge >= 0.3 is 5.97 Å². The molecule has 0 unspecified atom stereocenters. The summed E-state index contributed by atoms with van der Waals surface area (Å²) in [4.78, 5) is 20.3. The third kappa shape index (κ3) is 7.62. The van der Waals surface area contributed by atoms with Crippen LogP contribution in [0.2, 0.25) is 5.02 Å². The Bertz CT molecular complexity index is 470. The summed E-state index contributed by atoms with van der Waals surface area (Å²) in [6.45, 7) is 0.145. The fourth-order valence-corrected chi connectivity index (χ4v) is 1.42. The number of carboxylic acid groups (broad SMARTS) is 1. The van der Waals surface area contributed by atoms with Crippen molar-refractivity contribution in [2.24, 2.45) is 11.5 Å². The van der Waals surface area contributed by atoms with Crippen molar-refractivity contribution in [1.82, 2.24) is 0 Å². The zero-order chi connectivity index (χ0) is 16.4. The molecule has 2 atom stereocenters. The monoisotopic (exact) mass is 318 g/mol. The maximum Gasteiger partial charge on any atom is 0.320 e. The highest BCUT2D eigenvalue weighted by atomic mass is 35.5. The van der Waals surface area contributed by atoms with Gasteiger partial charge in [0.2, 0.25) is 0 Å². The summed E-state index contributed by atoms with van der Waals surface area (Å²) in [7, 11) is 0. The molecule has 0 saturated heterocycles. The minimum atomic E-state index is -1.05. The van der Waals surface area contributed by atoms with Crippen molar-refractivity contribution in [2.75, 3.05) is 6.54 Å². The van der Waals surface area contributed by atoms with Gasteiger partial charge in [0.05, 0.1) is 16.7 Å². The van der Waals surface area contributed by atoms with E-state index in [1.54, 1.807) is 6.07 Å². The highest BCUT2D eigenvalue weighted by Crippen LogP contribution is 2.25. The Morgan fingerprint density at radius 3 is 2.43 bits per heavy atom. The van der Waals surface area contributed by atoms with E-state index in [1.807, 2.05) is 0 Å². The first-order valence-electron chi connectivity index (χ1n) is 6.12. The SMILES string of the molecule is NC[C@H](O)CC[C@H](N)C(=O)O.O=Cc1cccc(Cl)c1O. The summed E-state index contributed by atoms with van der Waals surface area (Å²) in [5.41, 5.74) is 10.5. The second-order valence-corrected chi connectivity index (χ2v) is 4.61.